The number of fused-ring (bicyclic) bond motifs is 2. The monoisotopic (exact) mass is 463 g/mol. The van der Waals surface area contributed by atoms with Gasteiger partial charge >= 0.3 is 0 Å². The third kappa shape index (κ3) is 3.66. The zero-order valence-corrected chi connectivity index (χ0v) is 18.3. The highest BCUT2D eigenvalue weighted by atomic mass is 35.5. The number of aryl methyl sites for hydroxylation is 1. The predicted molar refractivity (Wildman–Crippen MR) is 125 cm³/mol. The summed E-state index contributed by atoms with van der Waals surface area (Å²) in [6.45, 7) is 1.83. The third-order valence-electron chi connectivity index (χ3n) is 5.21. The van der Waals surface area contributed by atoms with Gasteiger partial charge in [-0.15, -0.1) is 0 Å². The Hall–Kier alpha value is -3.54. The number of ketones is 1. The summed E-state index contributed by atoms with van der Waals surface area (Å²) in [4.78, 5) is 25.5. The number of carbonyl (C=O) groups is 2. The predicted octanol–water partition coefficient (Wildman–Crippen LogP) is 7.28. The molecule has 0 saturated carbocycles. The summed E-state index contributed by atoms with van der Waals surface area (Å²) in [5.74, 6) is -0.226. The van der Waals surface area contributed by atoms with Crippen molar-refractivity contribution in [3.63, 3.8) is 0 Å². The van der Waals surface area contributed by atoms with Crippen molar-refractivity contribution in [2.75, 3.05) is 5.32 Å². The number of carbonyl (C=O) groups excluding carboxylic acids is 2. The molecule has 2 heterocycles. The fourth-order valence-electron chi connectivity index (χ4n) is 3.57. The molecule has 1 N–H and O–H groups in total. The molecule has 2 aromatic heterocycles. The van der Waals surface area contributed by atoms with Crippen molar-refractivity contribution in [3.8, 4) is 0 Å². The summed E-state index contributed by atoms with van der Waals surface area (Å²) in [5.41, 5.74) is 2.79. The van der Waals surface area contributed by atoms with E-state index in [0.717, 1.165) is 16.3 Å². The molecule has 5 rings (SSSR count). The van der Waals surface area contributed by atoms with E-state index in [-0.39, 0.29) is 17.3 Å². The Balaban J connectivity index is 1.43. The van der Waals surface area contributed by atoms with Crippen LogP contribution in [0.5, 0.6) is 0 Å². The lowest BCUT2D eigenvalue weighted by atomic mass is 10.0. The number of anilines is 1. The van der Waals surface area contributed by atoms with Gasteiger partial charge in [0.2, 0.25) is 5.78 Å². The van der Waals surface area contributed by atoms with Gasteiger partial charge in [-0.2, -0.15) is 0 Å². The number of amides is 1. The van der Waals surface area contributed by atoms with Gasteiger partial charge in [0.15, 0.2) is 11.5 Å². The molecule has 5 nitrogen and oxygen atoms in total. The summed E-state index contributed by atoms with van der Waals surface area (Å²) in [6, 6.07) is 18.6. The van der Waals surface area contributed by atoms with Crippen LogP contribution in [0.3, 0.4) is 0 Å². The minimum atomic E-state index is -0.405. The summed E-state index contributed by atoms with van der Waals surface area (Å²) >= 11 is 11.9. The number of hydrogen-bond acceptors (Lipinski definition) is 4. The highest BCUT2D eigenvalue weighted by molar-refractivity contribution is 6.31. The first-order valence-corrected chi connectivity index (χ1v) is 10.5. The van der Waals surface area contributed by atoms with Crippen molar-refractivity contribution in [1.82, 2.24) is 0 Å². The van der Waals surface area contributed by atoms with Crippen molar-refractivity contribution in [1.29, 1.82) is 0 Å². The topological polar surface area (TPSA) is 72.5 Å². The fraction of sp³-hybridized carbons (Fsp3) is 0.0400. The van der Waals surface area contributed by atoms with Crippen LogP contribution in [0.15, 0.2) is 75.6 Å². The average molecular weight is 464 g/mol. The number of nitrogens with one attached hydrogen (secondary N) is 1. The summed E-state index contributed by atoms with van der Waals surface area (Å²) in [5, 5.41) is 5.44. The maximum atomic E-state index is 12.9. The quantitative estimate of drug-likeness (QED) is 0.284. The first-order valence-electron chi connectivity index (χ1n) is 9.73. The van der Waals surface area contributed by atoms with Crippen LogP contribution in [0.2, 0.25) is 10.0 Å². The van der Waals surface area contributed by atoms with E-state index in [1.807, 2.05) is 6.92 Å². The van der Waals surface area contributed by atoms with Gasteiger partial charge in [0.1, 0.15) is 11.2 Å². The number of furan rings is 2. The molecule has 0 spiro atoms. The molecule has 0 atom stereocenters. The molecular formula is C25H15Cl2NO4. The Morgan fingerprint density at radius 3 is 2.34 bits per heavy atom. The second kappa shape index (κ2) is 7.86. The van der Waals surface area contributed by atoms with E-state index in [0.29, 0.717) is 32.5 Å². The highest BCUT2D eigenvalue weighted by Gasteiger charge is 2.20. The van der Waals surface area contributed by atoms with Crippen LogP contribution in [-0.4, -0.2) is 11.7 Å². The van der Waals surface area contributed by atoms with Crippen LogP contribution in [-0.2, 0) is 0 Å². The number of rotatable bonds is 4. The van der Waals surface area contributed by atoms with Crippen molar-refractivity contribution in [3.05, 3.63) is 99.4 Å². The van der Waals surface area contributed by atoms with Crippen LogP contribution in [0.4, 0.5) is 5.69 Å². The lowest BCUT2D eigenvalue weighted by Crippen LogP contribution is -2.10. The summed E-state index contributed by atoms with van der Waals surface area (Å²) in [7, 11) is 0. The lowest BCUT2D eigenvalue weighted by Gasteiger charge is -2.02. The van der Waals surface area contributed by atoms with E-state index < -0.39 is 5.91 Å². The van der Waals surface area contributed by atoms with Crippen LogP contribution in [0.25, 0.3) is 21.9 Å². The Morgan fingerprint density at radius 2 is 1.56 bits per heavy atom. The molecule has 0 fully saturated rings. The molecule has 3 aromatic carbocycles. The van der Waals surface area contributed by atoms with E-state index in [9.17, 15) is 9.59 Å². The average Bonchev–Trinajstić information content (AvgIpc) is 3.34. The van der Waals surface area contributed by atoms with Gasteiger partial charge < -0.3 is 14.2 Å². The second-order valence-corrected chi connectivity index (χ2v) is 8.22. The molecule has 5 aromatic rings. The molecule has 0 saturated heterocycles. The first kappa shape index (κ1) is 20.4. The Labute approximate surface area is 192 Å². The largest absolute Gasteiger partial charge is 0.452 e. The maximum Gasteiger partial charge on any atom is 0.291 e. The van der Waals surface area contributed by atoms with Crippen molar-refractivity contribution in [2.24, 2.45) is 0 Å². The molecule has 0 unspecified atom stereocenters. The van der Waals surface area contributed by atoms with Gasteiger partial charge in [0.25, 0.3) is 5.91 Å². The Bertz CT molecular complexity index is 1510. The van der Waals surface area contributed by atoms with Crippen LogP contribution in [0.1, 0.15) is 32.2 Å². The molecule has 0 radical (unpaired) electrons. The minimum Gasteiger partial charge on any atom is -0.452 e. The van der Waals surface area contributed by atoms with Crippen molar-refractivity contribution >= 4 is 62.5 Å². The molecule has 158 valence electrons. The zero-order chi connectivity index (χ0) is 22.4. The van der Waals surface area contributed by atoms with E-state index in [2.05, 4.69) is 5.32 Å². The third-order valence-corrected chi connectivity index (χ3v) is 5.70. The van der Waals surface area contributed by atoms with Gasteiger partial charge in [-0.3, -0.25) is 9.59 Å². The zero-order valence-electron chi connectivity index (χ0n) is 16.7. The van der Waals surface area contributed by atoms with Crippen LogP contribution >= 0.6 is 23.2 Å². The SMILES string of the molecule is Cc1c(C(=O)c2ccc(Cl)cc2)oc2cc(NC(=O)c3cc4cc(Cl)ccc4o3)ccc12. The molecule has 0 aliphatic heterocycles. The van der Waals surface area contributed by atoms with Gasteiger partial charge in [-0.05, 0) is 67.6 Å². The van der Waals surface area contributed by atoms with E-state index >= 15 is 0 Å². The van der Waals surface area contributed by atoms with E-state index in [1.54, 1.807) is 66.7 Å². The number of hydrogen-bond donors (Lipinski definition) is 1. The first-order chi connectivity index (χ1) is 15.4. The fourth-order valence-corrected chi connectivity index (χ4v) is 3.88. The minimum absolute atomic E-state index is 0.164. The van der Waals surface area contributed by atoms with E-state index in [1.165, 1.54) is 0 Å². The molecule has 1 amide bonds. The molecular weight excluding hydrogens is 449 g/mol. The number of benzene rings is 3. The molecule has 0 aliphatic carbocycles. The standard InChI is InChI=1S/C25H15Cl2NO4/c1-13-19-8-7-18(28-25(30)22-11-15-10-17(27)6-9-20(15)31-22)12-21(19)32-24(13)23(29)14-2-4-16(26)5-3-14/h2-12H,1H3,(H,28,30). The lowest BCUT2D eigenvalue weighted by molar-refractivity contribution is 0.0995. The Kier molecular flexibility index (Phi) is 5.00. The Morgan fingerprint density at radius 1 is 0.812 bits per heavy atom. The van der Waals surface area contributed by atoms with Gasteiger partial charge in [-0.25, -0.2) is 0 Å². The van der Waals surface area contributed by atoms with Gasteiger partial charge in [0, 0.05) is 43.7 Å². The van der Waals surface area contributed by atoms with Crippen LogP contribution < -0.4 is 5.32 Å². The van der Waals surface area contributed by atoms with Gasteiger partial charge in [0.05, 0.1) is 0 Å². The van der Waals surface area contributed by atoms with Crippen LogP contribution in [0, 0.1) is 6.92 Å². The highest BCUT2D eigenvalue weighted by Crippen LogP contribution is 2.30. The van der Waals surface area contributed by atoms with E-state index in [4.69, 9.17) is 32.0 Å². The van der Waals surface area contributed by atoms with Gasteiger partial charge in [-0.1, -0.05) is 23.2 Å². The maximum absolute atomic E-state index is 12.9. The smallest absolute Gasteiger partial charge is 0.291 e. The molecule has 7 heteroatoms. The summed E-state index contributed by atoms with van der Waals surface area (Å²) in [6.07, 6.45) is 0. The normalized spacial score (nSPS) is 11.2. The second-order valence-electron chi connectivity index (χ2n) is 7.35. The van der Waals surface area contributed by atoms with Crippen molar-refractivity contribution in [2.45, 2.75) is 6.92 Å². The van der Waals surface area contributed by atoms with Crippen molar-refractivity contribution < 1.29 is 18.4 Å². The molecule has 0 aliphatic rings. The summed E-state index contributed by atoms with van der Waals surface area (Å²) < 4.78 is 11.5. The molecule has 32 heavy (non-hydrogen) atoms. The molecule has 0 bridgehead atoms. The number of halogens is 2.